The number of carbonyl (C=O) groups is 3. The number of primary amides is 1. The molecule has 1 saturated heterocycles. The average molecular weight is 337 g/mol. The van der Waals surface area contributed by atoms with Crippen LogP contribution in [0, 0.1) is 12.8 Å². The minimum Gasteiger partial charge on any atom is -0.366 e. The number of aryl methyl sites for hydroxylation is 1. The lowest BCUT2D eigenvalue weighted by molar-refractivity contribution is -0.122. The summed E-state index contributed by atoms with van der Waals surface area (Å²) in [5, 5.41) is 2.78. The van der Waals surface area contributed by atoms with Gasteiger partial charge in [0.1, 0.15) is 0 Å². The van der Waals surface area contributed by atoms with Crippen molar-refractivity contribution in [3.8, 4) is 0 Å². The van der Waals surface area contributed by atoms with Crippen molar-refractivity contribution in [3.05, 3.63) is 59.7 Å². The molecule has 1 aliphatic heterocycles. The van der Waals surface area contributed by atoms with E-state index in [2.05, 4.69) is 5.32 Å². The van der Waals surface area contributed by atoms with E-state index in [1.54, 1.807) is 29.2 Å². The Morgan fingerprint density at radius 2 is 1.88 bits per heavy atom. The topological polar surface area (TPSA) is 92.5 Å². The van der Waals surface area contributed by atoms with Crippen molar-refractivity contribution in [1.82, 2.24) is 0 Å². The molecule has 1 fully saturated rings. The predicted molar refractivity (Wildman–Crippen MR) is 95.2 cm³/mol. The summed E-state index contributed by atoms with van der Waals surface area (Å²) in [6, 6.07) is 14.0. The van der Waals surface area contributed by atoms with Crippen molar-refractivity contribution in [2.45, 2.75) is 13.3 Å². The van der Waals surface area contributed by atoms with Gasteiger partial charge in [0, 0.05) is 29.9 Å². The lowest BCUT2D eigenvalue weighted by Gasteiger charge is -2.17. The number of hydrogen-bond acceptors (Lipinski definition) is 3. The molecule has 25 heavy (non-hydrogen) atoms. The van der Waals surface area contributed by atoms with E-state index < -0.39 is 11.8 Å². The van der Waals surface area contributed by atoms with Crippen molar-refractivity contribution in [2.24, 2.45) is 11.7 Å². The van der Waals surface area contributed by atoms with Crippen LogP contribution in [0.3, 0.4) is 0 Å². The number of carbonyl (C=O) groups excluding carboxylic acids is 3. The molecule has 1 aliphatic rings. The highest BCUT2D eigenvalue weighted by atomic mass is 16.2. The summed E-state index contributed by atoms with van der Waals surface area (Å²) in [4.78, 5) is 37.4. The average Bonchev–Trinajstić information content (AvgIpc) is 2.97. The molecular formula is C19H19N3O3. The molecule has 0 radical (unpaired) electrons. The second-order valence-electron chi connectivity index (χ2n) is 6.18. The van der Waals surface area contributed by atoms with E-state index in [0.717, 1.165) is 11.3 Å². The van der Waals surface area contributed by atoms with Gasteiger partial charge in [-0.1, -0.05) is 12.1 Å². The number of nitrogens with one attached hydrogen (secondary N) is 1. The summed E-state index contributed by atoms with van der Waals surface area (Å²) in [6.07, 6.45) is 0.180. The zero-order valence-corrected chi connectivity index (χ0v) is 13.9. The van der Waals surface area contributed by atoms with Crippen LogP contribution in [0.1, 0.15) is 22.3 Å². The number of hydrogen-bond donors (Lipinski definition) is 2. The van der Waals surface area contributed by atoms with Gasteiger partial charge in [-0.15, -0.1) is 0 Å². The van der Waals surface area contributed by atoms with Gasteiger partial charge in [-0.25, -0.2) is 0 Å². The number of nitrogens with zero attached hydrogens (tertiary/aromatic N) is 1. The fourth-order valence-corrected chi connectivity index (χ4v) is 2.89. The fraction of sp³-hybridized carbons (Fsp3) is 0.211. The predicted octanol–water partition coefficient (Wildman–Crippen LogP) is 2.09. The summed E-state index contributed by atoms with van der Waals surface area (Å²) < 4.78 is 0. The Balaban J connectivity index is 1.67. The maximum absolute atomic E-state index is 12.4. The van der Waals surface area contributed by atoms with Gasteiger partial charge in [-0.3, -0.25) is 14.4 Å². The second kappa shape index (κ2) is 6.76. The summed E-state index contributed by atoms with van der Waals surface area (Å²) in [5.74, 6) is -1.21. The third-order valence-corrected chi connectivity index (χ3v) is 4.25. The summed E-state index contributed by atoms with van der Waals surface area (Å²) in [6.45, 7) is 2.32. The summed E-state index contributed by atoms with van der Waals surface area (Å²) in [7, 11) is 0. The van der Waals surface area contributed by atoms with Crippen LogP contribution in [-0.4, -0.2) is 24.3 Å². The van der Waals surface area contributed by atoms with E-state index in [-0.39, 0.29) is 18.2 Å². The SMILES string of the molecule is Cc1cccc(N2C[C@H](C(=O)Nc3ccc(C(N)=O)cc3)CC2=O)c1. The van der Waals surface area contributed by atoms with Gasteiger partial charge >= 0.3 is 0 Å². The van der Waals surface area contributed by atoms with E-state index >= 15 is 0 Å². The standard InChI is InChI=1S/C19H19N3O3/c1-12-3-2-4-16(9-12)22-11-14(10-17(22)23)19(25)21-15-7-5-13(6-8-15)18(20)24/h2-9,14H,10-11H2,1H3,(H2,20,24)(H,21,25)/t14-/m1/s1. The molecule has 6 nitrogen and oxygen atoms in total. The van der Waals surface area contributed by atoms with Crippen LogP contribution < -0.4 is 16.0 Å². The minimum atomic E-state index is -0.520. The maximum Gasteiger partial charge on any atom is 0.248 e. The third kappa shape index (κ3) is 3.68. The second-order valence-corrected chi connectivity index (χ2v) is 6.18. The molecule has 0 aromatic heterocycles. The molecule has 3 amide bonds. The largest absolute Gasteiger partial charge is 0.366 e. The van der Waals surface area contributed by atoms with Crippen molar-refractivity contribution in [2.75, 3.05) is 16.8 Å². The van der Waals surface area contributed by atoms with Crippen molar-refractivity contribution >= 4 is 29.1 Å². The molecule has 3 rings (SSSR count). The van der Waals surface area contributed by atoms with Crippen LogP contribution in [0.2, 0.25) is 0 Å². The van der Waals surface area contributed by atoms with Gasteiger partial charge in [0.05, 0.1) is 5.92 Å². The van der Waals surface area contributed by atoms with Crippen LogP contribution >= 0.6 is 0 Å². The van der Waals surface area contributed by atoms with Gasteiger partial charge in [-0.2, -0.15) is 0 Å². The molecule has 6 heteroatoms. The zero-order chi connectivity index (χ0) is 18.0. The van der Waals surface area contributed by atoms with Crippen LogP contribution in [-0.2, 0) is 9.59 Å². The lowest BCUT2D eigenvalue weighted by Crippen LogP contribution is -2.28. The van der Waals surface area contributed by atoms with Gasteiger partial charge in [-0.05, 0) is 48.9 Å². The highest BCUT2D eigenvalue weighted by Gasteiger charge is 2.35. The van der Waals surface area contributed by atoms with Gasteiger partial charge < -0.3 is 16.0 Å². The Morgan fingerprint density at radius 1 is 1.16 bits per heavy atom. The van der Waals surface area contributed by atoms with Gasteiger partial charge in [0.25, 0.3) is 0 Å². The Kier molecular flexibility index (Phi) is 4.52. The molecule has 0 bridgehead atoms. The number of anilines is 2. The van der Waals surface area contributed by atoms with E-state index in [0.29, 0.717) is 17.8 Å². The number of nitrogens with two attached hydrogens (primary N) is 1. The van der Waals surface area contributed by atoms with Crippen LogP contribution in [0.5, 0.6) is 0 Å². The Morgan fingerprint density at radius 3 is 2.52 bits per heavy atom. The molecule has 2 aromatic carbocycles. The molecule has 3 N–H and O–H groups in total. The quantitative estimate of drug-likeness (QED) is 0.894. The summed E-state index contributed by atoms with van der Waals surface area (Å²) >= 11 is 0. The monoisotopic (exact) mass is 337 g/mol. The van der Waals surface area contributed by atoms with E-state index in [1.807, 2.05) is 31.2 Å². The highest BCUT2D eigenvalue weighted by Crippen LogP contribution is 2.26. The Bertz CT molecular complexity index is 830. The molecule has 0 unspecified atom stereocenters. The Labute approximate surface area is 145 Å². The molecule has 0 spiro atoms. The highest BCUT2D eigenvalue weighted by molar-refractivity contribution is 6.03. The first kappa shape index (κ1) is 16.7. The van der Waals surface area contributed by atoms with Gasteiger partial charge in [0.2, 0.25) is 17.7 Å². The number of amides is 3. The van der Waals surface area contributed by atoms with Crippen LogP contribution in [0.25, 0.3) is 0 Å². The van der Waals surface area contributed by atoms with Crippen LogP contribution in [0.15, 0.2) is 48.5 Å². The number of rotatable bonds is 4. The molecule has 1 heterocycles. The molecule has 0 saturated carbocycles. The smallest absolute Gasteiger partial charge is 0.248 e. The van der Waals surface area contributed by atoms with E-state index in [4.69, 9.17) is 5.73 Å². The van der Waals surface area contributed by atoms with Gasteiger partial charge in [0.15, 0.2) is 0 Å². The zero-order valence-electron chi connectivity index (χ0n) is 13.9. The minimum absolute atomic E-state index is 0.0603. The first-order valence-electron chi connectivity index (χ1n) is 8.02. The van der Waals surface area contributed by atoms with Crippen molar-refractivity contribution in [1.29, 1.82) is 0 Å². The Hall–Kier alpha value is -3.15. The first-order valence-corrected chi connectivity index (χ1v) is 8.02. The molecular weight excluding hydrogens is 318 g/mol. The van der Waals surface area contributed by atoms with Crippen LogP contribution in [0.4, 0.5) is 11.4 Å². The molecule has 0 aliphatic carbocycles. The van der Waals surface area contributed by atoms with E-state index in [1.165, 1.54) is 0 Å². The van der Waals surface area contributed by atoms with E-state index in [9.17, 15) is 14.4 Å². The maximum atomic E-state index is 12.4. The fourth-order valence-electron chi connectivity index (χ4n) is 2.89. The van der Waals surface area contributed by atoms with Crippen molar-refractivity contribution < 1.29 is 14.4 Å². The third-order valence-electron chi connectivity index (χ3n) is 4.25. The molecule has 1 atom stereocenters. The molecule has 2 aromatic rings. The number of benzene rings is 2. The molecule has 128 valence electrons. The lowest BCUT2D eigenvalue weighted by atomic mass is 10.1. The first-order chi connectivity index (χ1) is 11.9. The van der Waals surface area contributed by atoms with Crippen molar-refractivity contribution in [3.63, 3.8) is 0 Å². The summed E-state index contributed by atoms with van der Waals surface area (Å²) in [5.41, 5.74) is 8.01. The normalized spacial score (nSPS) is 16.8.